The zero-order chi connectivity index (χ0) is 9.84. The van der Waals surface area contributed by atoms with E-state index >= 15 is 0 Å². The highest BCUT2D eigenvalue weighted by atomic mass is 35.5. The predicted octanol–water partition coefficient (Wildman–Crippen LogP) is 2.38. The van der Waals surface area contributed by atoms with E-state index in [9.17, 15) is 0 Å². The Labute approximate surface area is 87.3 Å². The molecule has 1 rings (SSSR count). The Bertz CT molecular complexity index is 291. The average molecular weight is 220 g/mol. The molecule has 4 heteroatoms. The van der Waals surface area contributed by atoms with Gasteiger partial charge in [0.1, 0.15) is 0 Å². The average Bonchev–Trinajstić information content (AvgIpc) is 2.10. The topological polar surface area (TPSA) is 46.2 Å². The summed E-state index contributed by atoms with van der Waals surface area (Å²) >= 11 is 11.7. The Morgan fingerprint density at radius 2 is 2.08 bits per heavy atom. The van der Waals surface area contributed by atoms with Gasteiger partial charge in [-0.05, 0) is 18.1 Å². The van der Waals surface area contributed by atoms with Crippen molar-refractivity contribution in [3.8, 4) is 0 Å². The molecule has 0 radical (unpaired) electrons. The van der Waals surface area contributed by atoms with Gasteiger partial charge in [0.15, 0.2) is 0 Å². The number of nitrogens with two attached hydrogens (primary N) is 1. The SMILES string of the molecule is N[C@@H](CCO)c1cccc(Cl)c1Cl. The van der Waals surface area contributed by atoms with Gasteiger partial charge in [-0.2, -0.15) is 0 Å². The molecule has 1 aromatic carbocycles. The molecule has 0 amide bonds. The van der Waals surface area contributed by atoms with Gasteiger partial charge in [-0.1, -0.05) is 35.3 Å². The standard InChI is InChI=1S/C9H11Cl2NO/c10-7-3-1-2-6(9(7)11)8(12)4-5-13/h1-3,8,13H,4-5,12H2/t8-/m0/s1. The van der Waals surface area contributed by atoms with Gasteiger partial charge in [0.25, 0.3) is 0 Å². The van der Waals surface area contributed by atoms with Crippen molar-refractivity contribution in [3.63, 3.8) is 0 Å². The molecule has 0 spiro atoms. The third kappa shape index (κ3) is 2.58. The molecule has 13 heavy (non-hydrogen) atoms. The summed E-state index contributed by atoms with van der Waals surface area (Å²) in [6.07, 6.45) is 0.486. The van der Waals surface area contributed by atoms with Crippen molar-refractivity contribution in [2.24, 2.45) is 5.73 Å². The number of aliphatic hydroxyl groups excluding tert-OH is 1. The lowest BCUT2D eigenvalue weighted by Crippen LogP contribution is -2.12. The zero-order valence-electron chi connectivity index (χ0n) is 7.00. The molecule has 0 aliphatic carbocycles. The Morgan fingerprint density at radius 1 is 1.38 bits per heavy atom. The zero-order valence-corrected chi connectivity index (χ0v) is 8.52. The number of halogens is 2. The molecule has 0 aliphatic heterocycles. The number of aliphatic hydroxyl groups is 1. The second kappa shape index (κ2) is 4.82. The first-order valence-electron chi connectivity index (χ1n) is 3.97. The van der Waals surface area contributed by atoms with Gasteiger partial charge in [0.05, 0.1) is 10.0 Å². The van der Waals surface area contributed by atoms with Gasteiger partial charge in [-0.3, -0.25) is 0 Å². The number of hydrogen-bond acceptors (Lipinski definition) is 2. The predicted molar refractivity (Wildman–Crippen MR) is 55.1 cm³/mol. The summed E-state index contributed by atoms with van der Waals surface area (Å²) in [5.74, 6) is 0. The summed E-state index contributed by atoms with van der Waals surface area (Å²) in [7, 11) is 0. The van der Waals surface area contributed by atoms with Crippen LogP contribution in [0.4, 0.5) is 0 Å². The monoisotopic (exact) mass is 219 g/mol. The first-order chi connectivity index (χ1) is 6.16. The first-order valence-corrected chi connectivity index (χ1v) is 4.72. The fourth-order valence-corrected chi connectivity index (χ4v) is 1.55. The minimum atomic E-state index is -0.254. The van der Waals surface area contributed by atoms with Crippen molar-refractivity contribution in [3.05, 3.63) is 33.8 Å². The number of hydrogen-bond donors (Lipinski definition) is 2. The maximum Gasteiger partial charge on any atom is 0.0640 e. The van der Waals surface area contributed by atoms with Gasteiger partial charge in [-0.15, -0.1) is 0 Å². The van der Waals surface area contributed by atoms with Gasteiger partial charge >= 0.3 is 0 Å². The minimum Gasteiger partial charge on any atom is -0.396 e. The van der Waals surface area contributed by atoms with E-state index in [1.165, 1.54) is 0 Å². The van der Waals surface area contributed by atoms with E-state index < -0.39 is 0 Å². The summed E-state index contributed by atoms with van der Waals surface area (Å²) in [5.41, 5.74) is 6.55. The van der Waals surface area contributed by atoms with Crippen LogP contribution in [0.25, 0.3) is 0 Å². The summed E-state index contributed by atoms with van der Waals surface area (Å²) in [6, 6.07) is 5.06. The van der Waals surface area contributed by atoms with Crippen LogP contribution in [-0.4, -0.2) is 11.7 Å². The molecule has 1 atom stereocenters. The van der Waals surface area contributed by atoms with Crippen molar-refractivity contribution in [1.82, 2.24) is 0 Å². The second-order valence-electron chi connectivity index (χ2n) is 2.76. The molecule has 0 heterocycles. The highest BCUT2D eigenvalue weighted by molar-refractivity contribution is 6.42. The molecule has 0 saturated heterocycles. The fraction of sp³-hybridized carbons (Fsp3) is 0.333. The van der Waals surface area contributed by atoms with Crippen molar-refractivity contribution >= 4 is 23.2 Å². The van der Waals surface area contributed by atoms with E-state index in [0.717, 1.165) is 5.56 Å². The van der Waals surface area contributed by atoms with Crippen molar-refractivity contribution in [1.29, 1.82) is 0 Å². The van der Waals surface area contributed by atoms with Crippen LogP contribution in [0, 0.1) is 0 Å². The normalized spacial score (nSPS) is 12.9. The third-order valence-corrected chi connectivity index (χ3v) is 2.65. The lowest BCUT2D eigenvalue weighted by Gasteiger charge is -2.12. The smallest absolute Gasteiger partial charge is 0.0640 e. The molecule has 72 valence electrons. The third-order valence-electron chi connectivity index (χ3n) is 1.82. The van der Waals surface area contributed by atoms with E-state index in [2.05, 4.69) is 0 Å². The Kier molecular flexibility index (Phi) is 4.00. The van der Waals surface area contributed by atoms with Crippen LogP contribution >= 0.6 is 23.2 Å². The maximum atomic E-state index is 8.70. The Balaban J connectivity index is 2.93. The van der Waals surface area contributed by atoms with Crippen LogP contribution in [0.5, 0.6) is 0 Å². The number of benzene rings is 1. The molecule has 1 aromatic rings. The molecule has 0 saturated carbocycles. The van der Waals surface area contributed by atoms with E-state index in [1.54, 1.807) is 12.1 Å². The molecule has 2 nitrogen and oxygen atoms in total. The largest absolute Gasteiger partial charge is 0.396 e. The summed E-state index contributed by atoms with van der Waals surface area (Å²) in [4.78, 5) is 0. The summed E-state index contributed by atoms with van der Waals surface area (Å²) in [5, 5.41) is 9.67. The minimum absolute atomic E-state index is 0.0456. The van der Waals surface area contributed by atoms with E-state index in [1.807, 2.05) is 6.07 Å². The van der Waals surface area contributed by atoms with Crippen molar-refractivity contribution < 1.29 is 5.11 Å². The van der Waals surface area contributed by atoms with Crippen LogP contribution in [0.2, 0.25) is 10.0 Å². The molecule has 0 aliphatic rings. The van der Waals surface area contributed by atoms with Crippen LogP contribution in [0.3, 0.4) is 0 Å². The molecule has 3 N–H and O–H groups in total. The lowest BCUT2D eigenvalue weighted by atomic mass is 10.1. The Hall–Kier alpha value is -0.280. The summed E-state index contributed by atoms with van der Waals surface area (Å²) in [6.45, 7) is 0.0456. The molecular formula is C9H11Cl2NO. The molecule has 0 bridgehead atoms. The van der Waals surface area contributed by atoms with Crippen molar-refractivity contribution in [2.45, 2.75) is 12.5 Å². The summed E-state index contributed by atoms with van der Waals surface area (Å²) < 4.78 is 0. The lowest BCUT2D eigenvalue weighted by molar-refractivity contribution is 0.276. The van der Waals surface area contributed by atoms with Crippen LogP contribution in [0.15, 0.2) is 18.2 Å². The Morgan fingerprint density at radius 3 is 2.69 bits per heavy atom. The highest BCUT2D eigenvalue weighted by Gasteiger charge is 2.11. The fourth-order valence-electron chi connectivity index (χ4n) is 1.10. The number of rotatable bonds is 3. The van der Waals surface area contributed by atoms with E-state index in [0.29, 0.717) is 16.5 Å². The van der Waals surface area contributed by atoms with E-state index in [4.69, 9.17) is 34.0 Å². The van der Waals surface area contributed by atoms with Crippen molar-refractivity contribution in [2.75, 3.05) is 6.61 Å². The molecule has 0 unspecified atom stereocenters. The van der Waals surface area contributed by atoms with Gasteiger partial charge in [-0.25, -0.2) is 0 Å². The van der Waals surface area contributed by atoms with E-state index in [-0.39, 0.29) is 12.6 Å². The van der Waals surface area contributed by atoms with Crippen LogP contribution < -0.4 is 5.73 Å². The molecule has 0 aromatic heterocycles. The molecule has 0 fully saturated rings. The van der Waals surface area contributed by atoms with Gasteiger partial charge in [0.2, 0.25) is 0 Å². The van der Waals surface area contributed by atoms with Gasteiger partial charge < -0.3 is 10.8 Å². The first kappa shape index (κ1) is 10.8. The molecular weight excluding hydrogens is 209 g/mol. The highest BCUT2D eigenvalue weighted by Crippen LogP contribution is 2.29. The van der Waals surface area contributed by atoms with Gasteiger partial charge in [0, 0.05) is 12.6 Å². The van der Waals surface area contributed by atoms with Crippen LogP contribution in [0.1, 0.15) is 18.0 Å². The maximum absolute atomic E-state index is 8.70. The second-order valence-corrected chi connectivity index (χ2v) is 3.55. The van der Waals surface area contributed by atoms with Crippen LogP contribution in [-0.2, 0) is 0 Å². The quantitative estimate of drug-likeness (QED) is 0.821.